The van der Waals surface area contributed by atoms with Crippen molar-refractivity contribution in [2.24, 2.45) is 0 Å². The van der Waals surface area contributed by atoms with Crippen molar-refractivity contribution in [2.75, 3.05) is 0 Å². The molecule has 0 amide bonds. The fourth-order valence-corrected chi connectivity index (χ4v) is 13.5. The highest BCUT2D eigenvalue weighted by molar-refractivity contribution is 7.03. The maximum atomic E-state index is 5.37. The molecule has 0 bridgehead atoms. The van der Waals surface area contributed by atoms with Crippen LogP contribution in [0.5, 0.6) is 0 Å². The molecule has 5 nitrogen and oxygen atoms in total. The van der Waals surface area contributed by atoms with E-state index in [-0.39, 0.29) is 0 Å². The molecule has 0 aliphatic carbocycles. The minimum atomic E-state index is -1.95. The van der Waals surface area contributed by atoms with E-state index < -0.39 is 8.07 Å². The second kappa shape index (κ2) is 14.4. The van der Waals surface area contributed by atoms with Gasteiger partial charge in [0.25, 0.3) is 0 Å². The molecular formula is C59H41N5Si. The van der Waals surface area contributed by atoms with Gasteiger partial charge in [-0.2, -0.15) is 0 Å². The van der Waals surface area contributed by atoms with E-state index >= 15 is 0 Å². The Morgan fingerprint density at radius 1 is 0.308 bits per heavy atom. The Kier molecular flexibility index (Phi) is 8.29. The van der Waals surface area contributed by atoms with Gasteiger partial charge in [-0.3, -0.25) is 0 Å². The summed E-state index contributed by atoms with van der Waals surface area (Å²) in [5.41, 5.74) is 14.5. The van der Waals surface area contributed by atoms with E-state index in [1.54, 1.807) is 0 Å². The van der Waals surface area contributed by atoms with E-state index in [2.05, 4.69) is 216 Å². The van der Waals surface area contributed by atoms with E-state index in [0.29, 0.717) is 17.5 Å². The van der Waals surface area contributed by atoms with Crippen LogP contribution in [-0.4, -0.2) is 32.2 Å². The van der Waals surface area contributed by atoms with Crippen LogP contribution in [-0.2, 0) is 0 Å². The quantitative estimate of drug-likeness (QED) is 0.157. The fraction of sp³-hybridized carbons (Fsp3) is 0.0339. The first-order chi connectivity index (χ1) is 32.0. The highest BCUT2D eigenvalue weighted by Gasteiger charge is 2.37. The number of hydrogen-bond donors (Lipinski definition) is 0. The van der Waals surface area contributed by atoms with Crippen molar-refractivity contribution in [1.29, 1.82) is 0 Å². The van der Waals surface area contributed by atoms with Crippen LogP contribution in [0.15, 0.2) is 212 Å². The molecule has 0 saturated carbocycles. The molecule has 0 atom stereocenters. The van der Waals surface area contributed by atoms with Crippen molar-refractivity contribution in [2.45, 2.75) is 13.1 Å². The minimum Gasteiger partial charge on any atom is -0.309 e. The van der Waals surface area contributed by atoms with Gasteiger partial charge in [0.1, 0.15) is 8.07 Å². The average molecular weight is 848 g/mol. The zero-order valence-electron chi connectivity index (χ0n) is 35.9. The van der Waals surface area contributed by atoms with Crippen LogP contribution in [0, 0.1) is 0 Å². The Bertz CT molecular complexity index is 3810. The molecule has 1 aliphatic heterocycles. The molecule has 0 fully saturated rings. The van der Waals surface area contributed by atoms with Crippen molar-refractivity contribution >= 4 is 62.1 Å². The molecule has 65 heavy (non-hydrogen) atoms. The van der Waals surface area contributed by atoms with Crippen molar-refractivity contribution in [3.8, 4) is 67.8 Å². The first kappa shape index (κ1) is 37.4. The van der Waals surface area contributed by atoms with Crippen LogP contribution in [0.2, 0.25) is 13.1 Å². The second-order valence-electron chi connectivity index (χ2n) is 17.7. The van der Waals surface area contributed by atoms with Crippen LogP contribution in [0.1, 0.15) is 0 Å². The Hall–Kier alpha value is -8.19. The molecule has 13 rings (SSSR count). The molecule has 0 spiro atoms. The lowest BCUT2D eigenvalue weighted by molar-refractivity contribution is 1.07. The van der Waals surface area contributed by atoms with Gasteiger partial charge in [-0.25, -0.2) is 15.0 Å². The molecular weight excluding hydrogens is 807 g/mol. The zero-order chi connectivity index (χ0) is 43.2. The van der Waals surface area contributed by atoms with Gasteiger partial charge in [0.2, 0.25) is 0 Å². The van der Waals surface area contributed by atoms with E-state index in [4.69, 9.17) is 15.0 Å². The minimum absolute atomic E-state index is 0.627. The summed E-state index contributed by atoms with van der Waals surface area (Å²) >= 11 is 0. The third kappa shape index (κ3) is 5.88. The van der Waals surface area contributed by atoms with E-state index in [9.17, 15) is 0 Å². The molecule has 12 aromatic rings. The largest absolute Gasteiger partial charge is 0.309 e. The average Bonchev–Trinajstić information content (AvgIpc) is 3.97. The molecule has 0 N–H and O–H groups in total. The number of benzene rings is 9. The predicted molar refractivity (Wildman–Crippen MR) is 272 cm³/mol. The number of rotatable bonds is 6. The summed E-state index contributed by atoms with van der Waals surface area (Å²) in [6, 6.07) is 76.5. The van der Waals surface area contributed by atoms with Crippen LogP contribution in [0.3, 0.4) is 0 Å². The van der Waals surface area contributed by atoms with Crippen LogP contribution >= 0.6 is 0 Å². The lowest BCUT2D eigenvalue weighted by atomic mass is 10.0. The summed E-state index contributed by atoms with van der Waals surface area (Å²) in [5, 5.41) is 7.77. The molecule has 0 saturated heterocycles. The second-order valence-corrected chi connectivity index (χ2v) is 22.0. The van der Waals surface area contributed by atoms with Gasteiger partial charge in [0, 0.05) is 49.6 Å². The maximum Gasteiger partial charge on any atom is 0.164 e. The summed E-state index contributed by atoms with van der Waals surface area (Å²) in [7, 11) is -1.95. The molecule has 6 heteroatoms. The van der Waals surface area contributed by atoms with Crippen LogP contribution in [0.25, 0.3) is 111 Å². The van der Waals surface area contributed by atoms with Gasteiger partial charge < -0.3 is 9.13 Å². The zero-order valence-corrected chi connectivity index (χ0v) is 36.9. The van der Waals surface area contributed by atoms with Gasteiger partial charge in [0.15, 0.2) is 17.5 Å². The Morgan fingerprint density at radius 2 is 0.800 bits per heavy atom. The van der Waals surface area contributed by atoms with Crippen LogP contribution in [0.4, 0.5) is 0 Å². The van der Waals surface area contributed by atoms with E-state index in [1.807, 2.05) is 18.2 Å². The Balaban J connectivity index is 1.03. The highest BCUT2D eigenvalue weighted by Crippen LogP contribution is 2.39. The third-order valence-electron chi connectivity index (χ3n) is 13.5. The molecule has 3 aromatic heterocycles. The van der Waals surface area contributed by atoms with Crippen molar-refractivity contribution in [3.05, 3.63) is 212 Å². The number of nitrogens with zero attached hydrogens (tertiary/aromatic N) is 5. The predicted octanol–water partition coefficient (Wildman–Crippen LogP) is 13.5. The number of aromatic nitrogens is 5. The van der Waals surface area contributed by atoms with Gasteiger partial charge in [0.05, 0.1) is 22.1 Å². The Morgan fingerprint density at radius 3 is 1.48 bits per heavy atom. The SMILES string of the molecule is C[Si]1(C)c2ccccc2-c2ccc(-c3nc(-c4ccccc4)nc(-c4cc(-c5ccccc5)cc(-n5c6ccccc6c6cc(-n7c8ccccc8c8ccccc87)ccc65)c4)n3)cc21. The smallest absolute Gasteiger partial charge is 0.164 e. The van der Waals surface area contributed by atoms with Crippen molar-refractivity contribution < 1.29 is 0 Å². The van der Waals surface area contributed by atoms with Gasteiger partial charge >= 0.3 is 0 Å². The lowest BCUT2D eigenvalue weighted by Gasteiger charge is -2.19. The molecule has 0 radical (unpaired) electrons. The van der Waals surface area contributed by atoms with E-state index in [1.165, 1.54) is 54.1 Å². The number of hydrogen-bond acceptors (Lipinski definition) is 3. The van der Waals surface area contributed by atoms with Crippen molar-refractivity contribution in [1.82, 2.24) is 24.1 Å². The first-order valence-corrected chi connectivity index (χ1v) is 25.3. The fourth-order valence-electron chi connectivity index (χ4n) is 10.4. The van der Waals surface area contributed by atoms with Gasteiger partial charge in [-0.15, -0.1) is 0 Å². The van der Waals surface area contributed by atoms with E-state index in [0.717, 1.165) is 50.2 Å². The summed E-state index contributed by atoms with van der Waals surface area (Å²) in [6.07, 6.45) is 0. The topological polar surface area (TPSA) is 48.5 Å². The molecule has 306 valence electrons. The highest BCUT2D eigenvalue weighted by atomic mass is 28.3. The van der Waals surface area contributed by atoms with Crippen molar-refractivity contribution in [3.63, 3.8) is 0 Å². The van der Waals surface area contributed by atoms with Crippen LogP contribution < -0.4 is 10.4 Å². The monoisotopic (exact) mass is 847 g/mol. The number of para-hydroxylation sites is 3. The summed E-state index contributed by atoms with van der Waals surface area (Å²) < 4.78 is 4.80. The molecule has 9 aromatic carbocycles. The van der Waals surface area contributed by atoms with Gasteiger partial charge in [-0.1, -0.05) is 171 Å². The maximum absolute atomic E-state index is 5.37. The first-order valence-electron chi connectivity index (χ1n) is 22.3. The summed E-state index contributed by atoms with van der Waals surface area (Å²) in [6.45, 7) is 4.90. The Labute approximate surface area is 377 Å². The summed E-state index contributed by atoms with van der Waals surface area (Å²) in [4.78, 5) is 15.9. The lowest BCUT2D eigenvalue weighted by Crippen LogP contribution is -2.49. The molecule has 4 heterocycles. The molecule has 0 unspecified atom stereocenters. The van der Waals surface area contributed by atoms with Gasteiger partial charge in [-0.05, 0) is 87.2 Å². The normalized spacial score (nSPS) is 12.9. The molecule has 1 aliphatic rings. The summed E-state index contributed by atoms with van der Waals surface area (Å²) in [5.74, 6) is 1.94. The third-order valence-corrected chi connectivity index (χ3v) is 17.1. The standard InChI is InChI=1S/C59H41N5Si/c1-65(2)55-28-16-12-24-48(55)49-31-29-40(36-56(49)65)58-60-57(39-19-7-4-8-20-39)61-59(62-58)42-33-41(38-17-5-3-6-18-38)34-44(35-42)64-53-27-15-11-23-47(53)50-37-43(30-32-54(50)64)63-51-25-13-9-21-45(51)46-22-10-14-26-52(46)63/h3-37H,1-2H3. The number of fused-ring (bicyclic) bond motifs is 9.